The van der Waals surface area contributed by atoms with Crippen LogP contribution in [0.15, 0.2) is 12.5 Å². The van der Waals surface area contributed by atoms with Gasteiger partial charge in [0.15, 0.2) is 0 Å². The highest BCUT2D eigenvalue weighted by atomic mass is 16.4. The molecular formula is C11H16N4O4. The van der Waals surface area contributed by atoms with E-state index in [9.17, 15) is 19.5 Å². The number of carbonyl (C=O) groups is 3. The number of carboxylic acid groups (broad SMARTS) is 1. The van der Waals surface area contributed by atoms with Crippen molar-refractivity contribution in [3.63, 3.8) is 0 Å². The second-order valence-electron chi connectivity index (χ2n) is 3.96. The van der Waals surface area contributed by atoms with Crippen molar-refractivity contribution in [1.82, 2.24) is 14.9 Å². The number of imidazole rings is 1. The SMILES string of the molecule is CC(=O)N(C(=O)CCN)[C@@H](Cc1cnc[nH]1)C(=O)O. The van der Waals surface area contributed by atoms with E-state index in [-0.39, 0.29) is 19.4 Å². The minimum atomic E-state index is -1.27. The van der Waals surface area contributed by atoms with Crippen LogP contribution in [0.3, 0.4) is 0 Å². The molecule has 1 aromatic rings. The molecule has 0 saturated carbocycles. The number of carboxylic acids is 1. The lowest BCUT2D eigenvalue weighted by Gasteiger charge is -2.25. The third-order valence-electron chi connectivity index (χ3n) is 2.53. The molecule has 0 aliphatic rings. The maximum absolute atomic E-state index is 11.8. The summed E-state index contributed by atoms with van der Waals surface area (Å²) in [6, 6.07) is -1.27. The fraction of sp³-hybridized carbons (Fsp3) is 0.455. The van der Waals surface area contributed by atoms with Crippen molar-refractivity contribution in [3.8, 4) is 0 Å². The smallest absolute Gasteiger partial charge is 0.327 e. The van der Waals surface area contributed by atoms with Crippen molar-refractivity contribution in [2.24, 2.45) is 5.73 Å². The quantitative estimate of drug-likeness (QED) is 0.615. The summed E-state index contributed by atoms with van der Waals surface area (Å²) in [5, 5.41) is 9.20. The average Bonchev–Trinajstić information content (AvgIpc) is 2.80. The van der Waals surface area contributed by atoms with Gasteiger partial charge < -0.3 is 15.8 Å². The first-order chi connectivity index (χ1) is 8.97. The van der Waals surface area contributed by atoms with Crippen LogP contribution in [-0.4, -0.2) is 50.3 Å². The lowest BCUT2D eigenvalue weighted by atomic mass is 10.1. The van der Waals surface area contributed by atoms with Crippen molar-refractivity contribution in [3.05, 3.63) is 18.2 Å². The molecule has 0 spiro atoms. The molecule has 0 fully saturated rings. The average molecular weight is 268 g/mol. The van der Waals surface area contributed by atoms with Crippen molar-refractivity contribution >= 4 is 17.8 Å². The van der Waals surface area contributed by atoms with E-state index >= 15 is 0 Å². The Kier molecular flexibility index (Phi) is 5.19. The molecule has 1 aromatic heterocycles. The molecule has 1 heterocycles. The highest BCUT2D eigenvalue weighted by Crippen LogP contribution is 2.10. The number of H-pyrrole nitrogens is 1. The standard InChI is InChI=1S/C11H16N4O4/c1-7(16)15(10(17)2-3-12)9(11(18)19)4-8-5-13-6-14-8/h5-6,9H,2-4,12H2,1H3,(H,13,14)(H,18,19)/t9-/m0/s1. The largest absolute Gasteiger partial charge is 0.480 e. The maximum atomic E-state index is 11.8. The molecule has 0 aliphatic carbocycles. The first-order valence-corrected chi connectivity index (χ1v) is 5.70. The number of aliphatic carboxylic acids is 1. The first kappa shape index (κ1) is 14.8. The van der Waals surface area contributed by atoms with Gasteiger partial charge in [0.1, 0.15) is 6.04 Å². The number of nitrogens with zero attached hydrogens (tertiary/aromatic N) is 2. The Morgan fingerprint density at radius 3 is 2.63 bits per heavy atom. The number of imide groups is 1. The Morgan fingerprint density at radius 1 is 1.53 bits per heavy atom. The maximum Gasteiger partial charge on any atom is 0.327 e. The van der Waals surface area contributed by atoms with E-state index in [0.717, 1.165) is 11.8 Å². The Hall–Kier alpha value is -2.22. The Labute approximate surface area is 109 Å². The summed E-state index contributed by atoms with van der Waals surface area (Å²) in [6.07, 6.45) is 2.74. The van der Waals surface area contributed by atoms with E-state index in [1.165, 1.54) is 12.5 Å². The van der Waals surface area contributed by atoms with Crippen LogP contribution < -0.4 is 5.73 Å². The molecule has 0 unspecified atom stereocenters. The van der Waals surface area contributed by atoms with Gasteiger partial charge in [-0.2, -0.15) is 0 Å². The summed E-state index contributed by atoms with van der Waals surface area (Å²) in [5.74, 6) is -2.47. The van der Waals surface area contributed by atoms with Crippen molar-refractivity contribution in [1.29, 1.82) is 0 Å². The fourth-order valence-electron chi connectivity index (χ4n) is 1.71. The summed E-state index contributed by atoms with van der Waals surface area (Å²) in [4.78, 5) is 41.8. The van der Waals surface area contributed by atoms with Gasteiger partial charge in [-0.15, -0.1) is 0 Å². The second-order valence-corrected chi connectivity index (χ2v) is 3.96. The Morgan fingerprint density at radius 2 is 2.21 bits per heavy atom. The highest BCUT2D eigenvalue weighted by molar-refractivity contribution is 5.98. The third-order valence-corrected chi connectivity index (χ3v) is 2.53. The van der Waals surface area contributed by atoms with Gasteiger partial charge in [0, 0.05) is 38.2 Å². The van der Waals surface area contributed by atoms with Gasteiger partial charge in [0.25, 0.3) is 0 Å². The van der Waals surface area contributed by atoms with Crippen LogP contribution in [0.5, 0.6) is 0 Å². The van der Waals surface area contributed by atoms with Gasteiger partial charge in [-0.25, -0.2) is 9.78 Å². The number of carbonyl (C=O) groups excluding carboxylic acids is 2. The van der Waals surface area contributed by atoms with Gasteiger partial charge in [-0.3, -0.25) is 14.5 Å². The zero-order valence-corrected chi connectivity index (χ0v) is 10.5. The molecule has 8 heteroatoms. The molecule has 19 heavy (non-hydrogen) atoms. The Balaban J connectivity index is 2.96. The van der Waals surface area contributed by atoms with Crippen LogP contribution in [0.1, 0.15) is 19.0 Å². The zero-order valence-electron chi connectivity index (χ0n) is 10.5. The van der Waals surface area contributed by atoms with Gasteiger partial charge >= 0.3 is 5.97 Å². The molecule has 1 rings (SSSR count). The lowest BCUT2D eigenvalue weighted by Crippen LogP contribution is -2.49. The monoisotopic (exact) mass is 268 g/mol. The molecule has 0 aromatic carbocycles. The molecule has 0 aliphatic heterocycles. The van der Waals surface area contributed by atoms with Crippen LogP contribution in [0.2, 0.25) is 0 Å². The number of rotatable bonds is 6. The van der Waals surface area contributed by atoms with Crippen molar-refractivity contribution < 1.29 is 19.5 Å². The van der Waals surface area contributed by atoms with Crippen LogP contribution >= 0.6 is 0 Å². The summed E-state index contributed by atoms with van der Waals surface area (Å²) in [7, 11) is 0. The molecule has 0 bridgehead atoms. The van der Waals surface area contributed by atoms with Crippen molar-refractivity contribution in [2.75, 3.05) is 6.54 Å². The summed E-state index contributed by atoms with van der Waals surface area (Å²) >= 11 is 0. The van der Waals surface area contributed by atoms with E-state index in [0.29, 0.717) is 5.69 Å². The number of nitrogens with one attached hydrogen (secondary N) is 1. The van der Waals surface area contributed by atoms with Gasteiger partial charge in [0.2, 0.25) is 11.8 Å². The highest BCUT2D eigenvalue weighted by Gasteiger charge is 2.32. The number of nitrogens with two attached hydrogens (primary N) is 1. The number of amides is 2. The molecule has 1 atom stereocenters. The molecular weight excluding hydrogens is 252 g/mol. The first-order valence-electron chi connectivity index (χ1n) is 5.70. The van der Waals surface area contributed by atoms with Crippen LogP contribution in [0, 0.1) is 0 Å². The molecule has 8 nitrogen and oxygen atoms in total. The second kappa shape index (κ2) is 6.64. The van der Waals surface area contributed by atoms with Crippen LogP contribution in [0.4, 0.5) is 0 Å². The van der Waals surface area contributed by atoms with Gasteiger partial charge in [-0.1, -0.05) is 0 Å². The predicted octanol–water partition coefficient (Wildman–Crippen LogP) is -0.871. The summed E-state index contributed by atoms with van der Waals surface area (Å²) < 4.78 is 0. The van der Waals surface area contributed by atoms with Crippen molar-refractivity contribution in [2.45, 2.75) is 25.8 Å². The Bertz CT molecular complexity index is 457. The van der Waals surface area contributed by atoms with E-state index in [1.54, 1.807) is 0 Å². The topological polar surface area (TPSA) is 129 Å². The predicted molar refractivity (Wildman–Crippen MR) is 64.9 cm³/mol. The third kappa shape index (κ3) is 3.88. The fourth-order valence-corrected chi connectivity index (χ4v) is 1.71. The van der Waals surface area contributed by atoms with E-state index in [2.05, 4.69) is 9.97 Å². The summed E-state index contributed by atoms with van der Waals surface area (Å²) in [5.41, 5.74) is 5.78. The molecule has 0 radical (unpaired) electrons. The van der Waals surface area contributed by atoms with E-state index in [4.69, 9.17) is 5.73 Å². The van der Waals surface area contributed by atoms with E-state index in [1.807, 2.05) is 0 Å². The zero-order chi connectivity index (χ0) is 14.4. The van der Waals surface area contributed by atoms with Crippen LogP contribution in [0.25, 0.3) is 0 Å². The molecule has 2 amide bonds. The number of hydrogen-bond acceptors (Lipinski definition) is 5. The number of hydrogen-bond donors (Lipinski definition) is 3. The minimum absolute atomic E-state index is 0.0226. The number of aromatic nitrogens is 2. The van der Waals surface area contributed by atoms with Crippen LogP contribution in [-0.2, 0) is 20.8 Å². The normalized spacial score (nSPS) is 11.9. The van der Waals surface area contributed by atoms with Gasteiger partial charge in [-0.05, 0) is 0 Å². The number of aromatic amines is 1. The van der Waals surface area contributed by atoms with E-state index < -0.39 is 23.8 Å². The molecule has 0 saturated heterocycles. The lowest BCUT2D eigenvalue weighted by molar-refractivity contribution is -0.157. The molecule has 4 N–H and O–H groups in total. The minimum Gasteiger partial charge on any atom is -0.480 e. The van der Waals surface area contributed by atoms with Gasteiger partial charge in [0.05, 0.1) is 6.33 Å². The molecule has 104 valence electrons. The summed E-state index contributed by atoms with van der Waals surface area (Å²) in [6.45, 7) is 1.20.